The Labute approximate surface area is 497 Å². The molecule has 1 spiro atoms. The Balaban J connectivity index is 0.855. The van der Waals surface area contributed by atoms with E-state index in [0.717, 1.165) is 6.42 Å². The topological polar surface area (TPSA) is 4.93 Å². The molecule has 13 aromatic carbocycles. The van der Waals surface area contributed by atoms with Crippen LogP contribution in [0.4, 0.5) is 0 Å². The van der Waals surface area contributed by atoms with E-state index in [1.165, 1.54) is 164 Å². The van der Waals surface area contributed by atoms with Crippen LogP contribution in [0.2, 0.25) is 0 Å². The number of benzene rings is 13. The third-order valence-corrected chi connectivity index (χ3v) is 20.2. The van der Waals surface area contributed by atoms with Crippen molar-refractivity contribution in [2.75, 3.05) is 0 Å². The number of hydrogen-bond acceptors (Lipinski definition) is 1. The minimum atomic E-state index is -0.433. The van der Waals surface area contributed by atoms with E-state index in [-0.39, 0.29) is 5.92 Å². The molecule has 1 nitrogen and oxygen atoms in total. The molecule has 0 radical (unpaired) electrons. The maximum absolute atomic E-state index is 2.60. The Morgan fingerprint density at radius 2 is 0.953 bits per heavy atom. The smallest absolute Gasteiger partial charge is 0.0725 e. The number of fused-ring (bicyclic) bond motifs is 19. The molecule has 0 N–H and O–H groups in total. The molecule has 0 amide bonds. The van der Waals surface area contributed by atoms with Gasteiger partial charge in [-0.2, -0.15) is 0 Å². The number of allylic oxidation sites excluding steroid dienone is 6. The summed E-state index contributed by atoms with van der Waals surface area (Å²) in [5.41, 5.74) is 25.2. The molecule has 2 atom stereocenters. The van der Waals surface area contributed by atoms with Gasteiger partial charge in [0.2, 0.25) is 0 Å². The highest BCUT2D eigenvalue weighted by atomic mass is 32.1. The van der Waals surface area contributed by atoms with Gasteiger partial charge in [0.05, 0.1) is 22.1 Å². The maximum atomic E-state index is 2.60. The van der Waals surface area contributed by atoms with Gasteiger partial charge in [0, 0.05) is 42.4 Å². The van der Waals surface area contributed by atoms with Crippen molar-refractivity contribution < 1.29 is 0 Å². The molecule has 2 heteroatoms. The van der Waals surface area contributed by atoms with Gasteiger partial charge in [-0.25, -0.2) is 0 Å². The normalized spacial score (nSPS) is 15.3. The van der Waals surface area contributed by atoms with Gasteiger partial charge in [-0.05, 0) is 135 Å². The summed E-state index contributed by atoms with van der Waals surface area (Å²) in [7, 11) is 0. The number of thiophene rings is 1. The first-order chi connectivity index (χ1) is 42.2. The second-order valence-electron chi connectivity index (χ2n) is 23.2. The third-order valence-electron chi connectivity index (χ3n) is 19.0. The van der Waals surface area contributed by atoms with Gasteiger partial charge in [0.15, 0.2) is 0 Å². The zero-order chi connectivity index (χ0) is 55.7. The zero-order valence-electron chi connectivity index (χ0n) is 46.5. The molecule has 2 unspecified atom stereocenters. The summed E-state index contributed by atoms with van der Waals surface area (Å²) in [5.74, 6) is -0.0454. The lowest BCUT2D eigenvalue weighted by Gasteiger charge is -2.31. The monoisotopic (exact) mass is 1100 g/mol. The van der Waals surface area contributed by atoms with Crippen molar-refractivity contribution in [1.29, 1.82) is 0 Å². The highest BCUT2D eigenvalue weighted by Gasteiger charge is 2.53. The van der Waals surface area contributed by atoms with Crippen LogP contribution in [-0.2, 0) is 5.41 Å². The van der Waals surface area contributed by atoms with E-state index in [9.17, 15) is 0 Å². The summed E-state index contributed by atoms with van der Waals surface area (Å²) in [4.78, 5) is 0. The van der Waals surface area contributed by atoms with Crippen molar-refractivity contribution in [3.05, 3.63) is 348 Å². The standard InChI is InChI=1S/C83H53NS/c1-3-20-52(21-4-1)53-40-44-56(45-41-53)78(57-46-42-55(43-47-57)61-31-17-24-54-22-7-9-25-60(54)61)59-48-49-66-65-29-13-16-39-75(65)84(76(66)51-59)77-50-58-23-8-10-26-62(58)82-80(77)70-34-18-33-68(81(70)85-82)67-32-19-38-74-79(67)69-30-12-15-37-73(69)83(74)71-35-6-2-5-27-63(71)64-28-11-14-36-72(64)83/h1-4,6-51,78H,5H2. The number of aromatic nitrogens is 1. The quantitative estimate of drug-likeness (QED) is 0.140. The van der Waals surface area contributed by atoms with Gasteiger partial charge in [0.1, 0.15) is 0 Å². The van der Waals surface area contributed by atoms with E-state index < -0.39 is 5.41 Å². The lowest BCUT2D eigenvalue weighted by atomic mass is 9.70. The molecule has 0 aliphatic heterocycles. The fraction of sp³-hybridized carbons (Fsp3) is 0.0361. The molecule has 396 valence electrons. The van der Waals surface area contributed by atoms with E-state index in [1.807, 2.05) is 11.3 Å². The van der Waals surface area contributed by atoms with Gasteiger partial charge in [-0.1, -0.05) is 285 Å². The maximum Gasteiger partial charge on any atom is 0.0725 e. The minimum absolute atomic E-state index is 0.0454. The van der Waals surface area contributed by atoms with E-state index >= 15 is 0 Å². The molecule has 3 aliphatic carbocycles. The Hall–Kier alpha value is -10.4. The molecule has 3 aliphatic rings. The summed E-state index contributed by atoms with van der Waals surface area (Å²) in [6.45, 7) is 0. The van der Waals surface area contributed by atoms with Gasteiger partial charge in [-0.3, -0.25) is 0 Å². The van der Waals surface area contributed by atoms with Crippen molar-refractivity contribution in [2.24, 2.45) is 0 Å². The van der Waals surface area contributed by atoms with E-state index in [2.05, 4.69) is 308 Å². The lowest BCUT2D eigenvalue weighted by Crippen LogP contribution is -2.26. The number of nitrogens with zero attached hydrogens (tertiary/aromatic N) is 1. The first kappa shape index (κ1) is 48.2. The largest absolute Gasteiger partial charge is 0.309 e. The molecule has 15 aromatic rings. The molecule has 0 saturated carbocycles. The molecule has 0 saturated heterocycles. The van der Waals surface area contributed by atoms with Crippen LogP contribution in [0.1, 0.15) is 51.3 Å². The third kappa shape index (κ3) is 7.04. The zero-order valence-corrected chi connectivity index (χ0v) is 47.3. The van der Waals surface area contributed by atoms with Gasteiger partial charge < -0.3 is 4.57 Å². The van der Waals surface area contributed by atoms with Gasteiger partial charge >= 0.3 is 0 Å². The summed E-state index contributed by atoms with van der Waals surface area (Å²) >= 11 is 1.95. The second-order valence-corrected chi connectivity index (χ2v) is 24.3. The van der Waals surface area contributed by atoms with Crippen LogP contribution >= 0.6 is 11.3 Å². The molecule has 85 heavy (non-hydrogen) atoms. The van der Waals surface area contributed by atoms with Crippen molar-refractivity contribution in [3.63, 3.8) is 0 Å². The number of para-hydroxylation sites is 1. The fourth-order valence-corrected chi connectivity index (χ4v) is 16.8. The summed E-state index contributed by atoms with van der Waals surface area (Å²) in [5, 5.41) is 10.1. The van der Waals surface area contributed by atoms with Crippen LogP contribution in [0.3, 0.4) is 0 Å². The average Bonchev–Trinajstić information content (AvgIpc) is 1.54. The Bertz CT molecular complexity index is 5370. The van der Waals surface area contributed by atoms with Gasteiger partial charge in [-0.15, -0.1) is 11.3 Å². The minimum Gasteiger partial charge on any atom is -0.309 e. The van der Waals surface area contributed by atoms with Crippen molar-refractivity contribution in [1.82, 2.24) is 4.57 Å². The van der Waals surface area contributed by atoms with E-state index in [1.54, 1.807) is 0 Å². The van der Waals surface area contributed by atoms with Crippen molar-refractivity contribution in [2.45, 2.75) is 17.8 Å². The molecule has 2 aromatic heterocycles. The fourth-order valence-electron chi connectivity index (χ4n) is 15.4. The van der Waals surface area contributed by atoms with Crippen LogP contribution in [0.25, 0.3) is 119 Å². The molecular formula is C83H53NS. The van der Waals surface area contributed by atoms with Crippen molar-refractivity contribution >= 4 is 80.4 Å². The second kappa shape index (κ2) is 18.8. The molecule has 2 heterocycles. The highest BCUT2D eigenvalue weighted by Crippen LogP contribution is 2.65. The number of rotatable bonds is 7. The summed E-state index contributed by atoms with van der Waals surface area (Å²) < 4.78 is 5.21. The van der Waals surface area contributed by atoms with Crippen LogP contribution in [-0.4, -0.2) is 4.57 Å². The predicted molar refractivity (Wildman–Crippen MR) is 360 cm³/mol. The molecule has 0 bridgehead atoms. The number of hydrogen-bond donors (Lipinski definition) is 0. The van der Waals surface area contributed by atoms with Crippen LogP contribution in [0, 0.1) is 0 Å². The van der Waals surface area contributed by atoms with Crippen LogP contribution in [0.15, 0.2) is 309 Å². The molecule has 18 rings (SSSR count). The molecular weight excluding hydrogens is 1040 g/mol. The van der Waals surface area contributed by atoms with Gasteiger partial charge in [0.25, 0.3) is 0 Å². The van der Waals surface area contributed by atoms with Crippen LogP contribution in [0.5, 0.6) is 0 Å². The predicted octanol–water partition coefficient (Wildman–Crippen LogP) is 22.2. The average molecular weight is 1100 g/mol. The Morgan fingerprint density at radius 3 is 1.79 bits per heavy atom. The summed E-state index contributed by atoms with van der Waals surface area (Å²) in [6, 6.07) is 105. The van der Waals surface area contributed by atoms with Crippen molar-refractivity contribution in [3.8, 4) is 50.2 Å². The Kier molecular flexibility index (Phi) is 10.7. The van der Waals surface area contributed by atoms with E-state index in [4.69, 9.17) is 0 Å². The first-order valence-electron chi connectivity index (χ1n) is 29.7. The van der Waals surface area contributed by atoms with E-state index in [0.29, 0.717) is 0 Å². The van der Waals surface area contributed by atoms with Crippen LogP contribution < -0.4 is 0 Å². The summed E-state index contributed by atoms with van der Waals surface area (Å²) in [6.07, 6.45) is 10.3. The SMILES string of the molecule is C1=CCC=C2C(=C1)C1(c3ccccc32)c2ccccc2-c2c(-c3cccc4c3sc3c5ccccc5cc(-n5c6ccccc6c6ccc(C(c7ccc(-c8ccccc8)cc7)c7ccc(-c8cccc9ccccc89)cc7)cc65)c43)cccc21. The Morgan fingerprint density at radius 1 is 0.376 bits per heavy atom. The highest BCUT2D eigenvalue weighted by molar-refractivity contribution is 7.27. The lowest BCUT2D eigenvalue weighted by molar-refractivity contribution is 0.795. The molecule has 0 fully saturated rings. The first-order valence-corrected chi connectivity index (χ1v) is 30.6.